The summed E-state index contributed by atoms with van der Waals surface area (Å²) in [5, 5.41) is 0. The molecule has 1 amide bonds. The van der Waals surface area contributed by atoms with Crippen LogP contribution in [0.3, 0.4) is 0 Å². The Hall–Kier alpha value is -2.18. The number of carbonyl (C=O) groups is 2. The van der Waals surface area contributed by atoms with Crippen molar-refractivity contribution < 1.29 is 35.9 Å². The molecular formula is C19H26N2O8S2. The summed E-state index contributed by atoms with van der Waals surface area (Å²) in [5.74, 6) is -2.70. The second-order valence-corrected chi connectivity index (χ2v) is 11.3. The Balaban J connectivity index is 2.00. The average molecular weight is 475 g/mol. The van der Waals surface area contributed by atoms with Crippen molar-refractivity contribution in [3.63, 3.8) is 0 Å². The number of piperidine rings is 1. The first-order valence-electron chi connectivity index (χ1n) is 9.94. The molecule has 0 aliphatic carbocycles. The molecule has 2 atom stereocenters. The molecule has 0 spiro atoms. The molecule has 31 heavy (non-hydrogen) atoms. The van der Waals surface area contributed by atoms with Crippen LogP contribution in [-0.2, 0) is 34.4 Å². The van der Waals surface area contributed by atoms with E-state index in [4.69, 9.17) is 9.47 Å². The summed E-state index contributed by atoms with van der Waals surface area (Å²) >= 11 is 0. The molecule has 0 unspecified atom stereocenters. The molecule has 0 N–H and O–H groups in total. The highest BCUT2D eigenvalue weighted by Gasteiger charge is 2.43. The standard InChI is InChI=1S/C19H26N2O8S2/c1-4-29-19(23)14-6-5-9-20(11-14)31(26,27)17-10-15(7-8-16(17)28-3)21-18(22)13(2)12-30(21,24)25/h7-8,10,13-14H,4-6,9,11-12H2,1-3H3/t13-,14-/m0/s1. The molecule has 1 aromatic rings. The molecule has 3 rings (SSSR count). The second kappa shape index (κ2) is 8.75. The molecule has 172 valence electrons. The minimum absolute atomic E-state index is 0.0131. The Morgan fingerprint density at radius 1 is 1.29 bits per heavy atom. The van der Waals surface area contributed by atoms with Gasteiger partial charge in [-0.3, -0.25) is 9.59 Å². The molecule has 1 aromatic carbocycles. The first-order chi connectivity index (χ1) is 14.5. The molecule has 10 nitrogen and oxygen atoms in total. The molecule has 2 heterocycles. The van der Waals surface area contributed by atoms with E-state index in [0.717, 1.165) is 6.07 Å². The summed E-state index contributed by atoms with van der Waals surface area (Å²) in [6.07, 6.45) is 0.988. The van der Waals surface area contributed by atoms with E-state index in [-0.39, 0.29) is 41.8 Å². The van der Waals surface area contributed by atoms with Gasteiger partial charge >= 0.3 is 5.97 Å². The second-order valence-electron chi connectivity index (χ2n) is 7.57. The van der Waals surface area contributed by atoms with Crippen LogP contribution in [0.1, 0.15) is 26.7 Å². The van der Waals surface area contributed by atoms with E-state index in [1.165, 1.54) is 30.5 Å². The van der Waals surface area contributed by atoms with Crippen molar-refractivity contribution in [2.45, 2.75) is 31.6 Å². The maximum absolute atomic E-state index is 13.4. The first-order valence-corrected chi connectivity index (χ1v) is 13.0. The van der Waals surface area contributed by atoms with Gasteiger partial charge in [-0.1, -0.05) is 6.92 Å². The van der Waals surface area contributed by atoms with Crippen molar-refractivity contribution in [2.24, 2.45) is 11.8 Å². The van der Waals surface area contributed by atoms with Crippen LogP contribution in [0.5, 0.6) is 5.75 Å². The van der Waals surface area contributed by atoms with Crippen LogP contribution in [0.25, 0.3) is 0 Å². The van der Waals surface area contributed by atoms with Crippen molar-refractivity contribution in [3.05, 3.63) is 18.2 Å². The number of esters is 1. The fourth-order valence-electron chi connectivity index (χ4n) is 3.83. The number of carbonyl (C=O) groups excluding carboxylic acids is 2. The highest BCUT2D eigenvalue weighted by atomic mass is 32.2. The van der Waals surface area contributed by atoms with E-state index in [1.807, 2.05) is 0 Å². The lowest BCUT2D eigenvalue weighted by Crippen LogP contribution is -2.42. The van der Waals surface area contributed by atoms with Crippen LogP contribution in [0.15, 0.2) is 23.1 Å². The van der Waals surface area contributed by atoms with Crippen LogP contribution >= 0.6 is 0 Å². The lowest BCUT2D eigenvalue weighted by molar-refractivity contribution is -0.149. The summed E-state index contributed by atoms with van der Waals surface area (Å²) in [5.41, 5.74) is -0.0623. The molecule has 0 bridgehead atoms. The summed E-state index contributed by atoms with van der Waals surface area (Å²) in [4.78, 5) is 24.3. The minimum atomic E-state index is -4.14. The van der Waals surface area contributed by atoms with Crippen molar-refractivity contribution in [3.8, 4) is 5.75 Å². The van der Waals surface area contributed by atoms with Gasteiger partial charge in [0.1, 0.15) is 10.6 Å². The van der Waals surface area contributed by atoms with Crippen LogP contribution < -0.4 is 9.04 Å². The Kier molecular flexibility index (Phi) is 6.63. The van der Waals surface area contributed by atoms with Crippen LogP contribution in [0.4, 0.5) is 5.69 Å². The van der Waals surface area contributed by atoms with Crippen LogP contribution in [0, 0.1) is 11.8 Å². The van der Waals surface area contributed by atoms with Gasteiger partial charge in [0, 0.05) is 13.1 Å². The number of anilines is 1. The smallest absolute Gasteiger partial charge is 0.310 e. The van der Waals surface area contributed by atoms with Crippen molar-refractivity contribution in [2.75, 3.05) is 36.9 Å². The average Bonchev–Trinajstić information content (AvgIpc) is 2.94. The zero-order valence-corrected chi connectivity index (χ0v) is 19.2. The third-order valence-electron chi connectivity index (χ3n) is 5.36. The van der Waals surface area contributed by atoms with Gasteiger partial charge in [-0.2, -0.15) is 4.31 Å². The molecule has 0 saturated carbocycles. The fraction of sp³-hybridized carbons (Fsp3) is 0.579. The molecule has 2 fully saturated rings. The van der Waals surface area contributed by atoms with E-state index < -0.39 is 43.8 Å². The molecule has 0 aromatic heterocycles. The van der Waals surface area contributed by atoms with Gasteiger partial charge in [-0.05, 0) is 38.0 Å². The van der Waals surface area contributed by atoms with Crippen molar-refractivity contribution in [1.29, 1.82) is 0 Å². The summed E-state index contributed by atoms with van der Waals surface area (Å²) in [6.45, 7) is 3.54. The zero-order chi connectivity index (χ0) is 23.0. The van der Waals surface area contributed by atoms with E-state index in [1.54, 1.807) is 6.92 Å². The van der Waals surface area contributed by atoms with Gasteiger partial charge in [0.15, 0.2) is 0 Å². The SMILES string of the molecule is CCOC(=O)[C@H]1CCCN(S(=O)(=O)c2cc(N3C(=O)[C@@H](C)CS3(=O)=O)ccc2OC)C1. The van der Waals surface area contributed by atoms with Gasteiger partial charge < -0.3 is 9.47 Å². The minimum Gasteiger partial charge on any atom is -0.495 e. The Labute approximate surface area is 182 Å². The van der Waals surface area contributed by atoms with Gasteiger partial charge in [0.25, 0.3) is 0 Å². The Bertz CT molecular complexity index is 1080. The van der Waals surface area contributed by atoms with E-state index in [0.29, 0.717) is 17.1 Å². The van der Waals surface area contributed by atoms with Gasteiger partial charge in [-0.15, -0.1) is 0 Å². The Morgan fingerprint density at radius 2 is 2.00 bits per heavy atom. The third kappa shape index (κ3) is 4.41. The number of methoxy groups -OCH3 is 1. The number of rotatable bonds is 6. The van der Waals surface area contributed by atoms with Crippen molar-refractivity contribution >= 4 is 37.6 Å². The Morgan fingerprint density at radius 3 is 2.58 bits per heavy atom. The lowest BCUT2D eigenvalue weighted by atomic mass is 10.0. The third-order valence-corrected chi connectivity index (χ3v) is 9.12. The fourth-order valence-corrected chi connectivity index (χ4v) is 7.34. The lowest BCUT2D eigenvalue weighted by Gasteiger charge is -2.31. The number of nitrogens with zero attached hydrogens (tertiary/aromatic N) is 2. The number of hydrogen-bond donors (Lipinski definition) is 0. The predicted molar refractivity (Wildman–Crippen MR) is 112 cm³/mol. The summed E-state index contributed by atoms with van der Waals surface area (Å²) in [7, 11) is -6.74. The highest BCUT2D eigenvalue weighted by molar-refractivity contribution is 7.94. The van der Waals surface area contributed by atoms with Crippen LogP contribution in [-0.4, -0.2) is 65.6 Å². The summed E-state index contributed by atoms with van der Waals surface area (Å²) in [6, 6.07) is 3.79. The van der Waals surface area contributed by atoms with Crippen molar-refractivity contribution in [1.82, 2.24) is 4.31 Å². The summed E-state index contributed by atoms with van der Waals surface area (Å²) < 4.78 is 63.7. The molecule has 2 aliphatic heterocycles. The predicted octanol–water partition coefficient (Wildman–Crippen LogP) is 0.972. The number of sulfonamides is 2. The molecular weight excluding hydrogens is 448 g/mol. The van der Waals surface area contributed by atoms with Gasteiger partial charge in [-0.25, -0.2) is 21.1 Å². The van der Waals surface area contributed by atoms with Crippen LogP contribution in [0.2, 0.25) is 0 Å². The number of benzene rings is 1. The van der Waals surface area contributed by atoms with E-state index >= 15 is 0 Å². The molecule has 12 heteroatoms. The maximum atomic E-state index is 13.4. The molecule has 0 radical (unpaired) electrons. The van der Waals surface area contributed by atoms with Gasteiger partial charge in [0.05, 0.1) is 37.0 Å². The zero-order valence-electron chi connectivity index (χ0n) is 17.6. The number of amides is 1. The molecule has 2 saturated heterocycles. The maximum Gasteiger partial charge on any atom is 0.310 e. The van der Waals surface area contributed by atoms with Gasteiger partial charge in [0.2, 0.25) is 26.0 Å². The first kappa shape index (κ1) is 23.5. The molecule has 2 aliphatic rings. The van der Waals surface area contributed by atoms with E-state index in [9.17, 15) is 26.4 Å². The number of ether oxygens (including phenoxy) is 2. The monoisotopic (exact) mass is 474 g/mol. The largest absolute Gasteiger partial charge is 0.495 e. The topological polar surface area (TPSA) is 127 Å². The van der Waals surface area contributed by atoms with E-state index in [2.05, 4.69) is 0 Å². The number of hydrogen-bond acceptors (Lipinski definition) is 8. The highest BCUT2D eigenvalue weighted by Crippen LogP contribution is 2.36. The quantitative estimate of drug-likeness (QED) is 0.558. The normalized spacial score (nSPS) is 24.2.